The van der Waals surface area contributed by atoms with E-state index in [1.807, 2.05) is 42.5 Å². The Morgan fingerprint density at radius 1 is 0.850 bits per heavy atom. The minimum atomic E-state index is 0. The summed E-state index contributed by atoms with van der Waals surface area (Å²) in [6.07, 6.45) is 0. The van der Waals surface area contributed by atoms with Crippen LogP contribution in [0.5, 0.6) is 0 Å². The zero-order valence-electron chi connectivity index (χ0n) is 12.3. The minimum absolute atomic E-state index is 0. The number of fused-ring (bicyclic) bond motifs is 1. The van der Waals surface area contributed by atoms with Crippen LogP contribution in [0.3, 0.4) is 0 Å². The van der Waals surface area contributed by atoms with Gasteiger partial charge >= 0.3 is 29.6 Å². The van der Waals surface area contributed by atoms with Gasteiger partial charge in [-0.3, -0.25) is 4.79 Å². The molecule has 0 bridgehead atoms. The molecule has 20 heavy (non-hydrogen) atoms. The van der Waals surface area contributed by atoms with Gasteiger partial charge in [0.15, 0.2) is 5.78 Å². The van der Waals surface area contributed by atoms with Gasteiger partial charge in [0.05, 0.1) is 0 Å². The van der Waals surface area contributed by atoms with Crippen LogP contribution in [0.15, 0.2) is 66.7 Å². The number of hydrogen-bond donors (Lipinski definition) is 1. The number of benzene rings is 3. The molecule has 3 aromatic carbocycles. The molecular weight excluding hydrogens is 257 g/mol. The second kappa shape index (κ2) is 6.23. The van der Waals surface area contributed by atoms with E-state index in [2.05, 4.69) is 0 Å². The number of carbonyl (C=O) groups is 1. The maximum absolute atomic E-state index is 12.5. The molecule has 94 valence electrons. The molecule has 0 amide bonds. The molecule has 3 heteroatoms. The van der Waals surface area contributed by atoms with Crippen LogP contribution in [-0.4, -0.2) is 5.78 Å². The van der Waals surface area contributed by atoms with Crippen molar-refractivity contribution in [3.05, 3.63) is 77.9 Å². The van der Waals surface area contributed by atoms with Crippen molar-refractivity contribution in [3.63, 3.8) is 0 Å². The van der Waals surface area contributed by atoms with E-state index >= 15 is 0 Å². The predicted molar refractivity (Wildman–Crippen MR) is 79.3 cm³/mol. The van der Waals surface area contributed by atoms with E-state index in [4.69, 9.17) is 5.73 Å². The van der Waals surface area contributed by atoms with Crippen molar-refractivity contribution in [3.8, 4) is 0 Å². The fourth-order valence-electron chi connectivity index (χ4n) is 2.21. The number of nitrogen functional groups attached to an aromatic ring is 1. The van der Waals surface area contributed by atoms with E-state index in [1.54, 1.807) is 24.3 Å². The van der Waals surface area contributed by atoms with E-state index in [9.17, 15) is 4.79 Å². The predicted octanol–water partition coefficient (Wildman–Crippen LogP) is 0.769. The molecule has 0 aromatic heterocycles. The summed E-state index contributed by atoms with van der Waals surface area (Å²) in [5.41, 5.74) is 7.69. The molecule has 0 fully saturated rings. The Bertz CT molecular complexity index is 751. The van der Waals surface area contributed by atoms with Gasteiger partial charge < -0.3 is 7.16 Å². The van der Waals surface area contributed by atoms with Crippen LogP contribution in [0.2, 0.25) is 0 Å². The quantitative estimate of drug-likeness (QED) is 0.425. The van der Waals surface area contributed by atoms with Gasteiger partial charge in [0, 0.05) is 16.8 Å². The third kappa shape index (κ3) is 2.78. The van der Waals surface area contributed by atoms with Gasteiger partial charge in [-0.1, -0.05) is 42.5 Å². The summed E-state index contributed by atoms with van der Waals surface area (Å²) in [7, 11) is 0. The molecule has 0 spiro atoms. The number of carbonyl (C=O) groups excluding carboxylic acids is 1. The molecule has 2 nitrogen and oxygen atoms in total. The van der Waals surface area contributed by atoms with Crippen LogP contribution in [0.4, 0.5) is 5.69 Å². The molecule has 0 aliphatic rings. The van der Waals surface area contributed by atoms with E-state index in [-0.39, 0.29) is 36.8 Å². The van der Waals surface area contributed by atoms with E-state index in [0.29, 0.717) is 11.3 Å². The molecule has 3 aromatic rings. The third-order valence-corrected chi connectivity index (χ3v) is 3.21. The van der Waals surface area contributed by atoms with Gasteiger partial charge in [0.2, 0.25) is 0 Å². The molecule has 0 heterocycles. The summed E-state index contributed by atoms with van der Waals surface area (Å²) < 4.78 is 0. The Balaban J connectivity index is 0.00000110. The second-order valence-electron chi connectivity index (χ2n) is 4.48. The molecule has 0 saturated heterocycles. The van der Waals surface area contributed by atoms with Crippen molar-refractivity contribution in [1.82, 2.24) is 0 Å². The summed E-state index contributed by atoms with van der Waals surface area (Å²) in [4.78, 5) is 12.5. The summed E-state index contributed by atoms with van der Waals surface area (Å²) in [5, 5.41) is 2.05. The largest absolute Gasteiger partial charge is 1.00 e. The number of nitrogens with two attached hydrogens (primary N) is 1. The molecule has 0 aliphatic heterocycles. The van der Waals surface area contributed by atoms with Crippen molar-refractivity contribution in [2.75, 3.05) is 5.73 Å². The zero-order chi connectivity index (χ0) is 13.2. The van der Waals surface area contributed by atoms with Crippen LogP contribution >= 0.6 is 0 Å². The van der Waals surface area contributed by atoms with Gasteiger partial charge in [-0.2, -0.15) is 0 Å². The Hall–Kier alpha value is -1.61. The molecule has 3 rings (SSSR count). The average molecular weight is 271 g/mol. The van der Waals surface area contributed by atoms with Crippen LogP contribution in [-0.2, 0) is 0 Å². The summed E-state index contributed by atoms with van der Waals surface area (Å²) in [6, 6.07) is 20.7. The molecule has 0 radical (unpaired) electrons. The number of ketones is 1. The maximum atomic E-state index is 12.5. The first kappa shape index (κ1) is 14.8. The first-order valence-electron chi connectivity index (χ1n) is 6.14. The van der Waals surface area contributed by atoms with Crippen LogP contribution in [0.1, 0.15) is 17.3 Å². The van der Waals surface area contributed by atoms with Crippen molar-refractivity contribution in [1.29, 1.82) is 0 Å². The molecule has 0 atom stereocenters. The number of anilines is 1. The van der Waals surface area contributed by atoms with Gasteiger partial charge in [-0.15, -0.1) is 0 Å². The summed E-state index contributed by atoms with van der Waals surface area (Å²) in [5.74, 6) is 0.0248. The van der Waals surface area contributed by atoms with Crippen molar-refractivity contribution < 1.29 is 35.8 Å². The third-order valence-electron chi connectivity index (χ3n) is 3.21. The van der Waals surface area contributed by atoms with E-state index < -0.39 is 0 Å². The van der Waals surface area contributed by atoms with Crippen LogP contribution < -0.4 is 35.3 Å². The van der Waals surface area contributed by atoms with Gasteiger partial charge in [0.1, 0.15) is 0 Å². The maximum Gasteiger partial charge on any atom is 1.00 e. The molecular formula is C17H14NNaO. The molecule has 0 unspecified atom stereocenters. The Labute approximate surface area is 141 Å². The first-order valence-corrected chi connectivity index (χ1v) is 6.14. The van der Waals surface area contributed by atoms with Gasteiger partial charge in [0.25, 0.3) is 0 Å². The summed E-state index contributed by atoms with van der Waals surface area (Å²) in [6.45, 7) is 0. The van der Waals surface area contributed by atoms with Crippen molar-refractivity contribution in [2.45, 2.75) is 0 Å². The monoisotopic (exact) mass is 271 g/mol. The van der Waals surface area contributed by atoms with Gasteiger partial charge in [-0.25, -0.2) is 0 Å². The Morgan fingerprint density at radius 3 is 2.25 bits per heavy atom. The first-order chi connectivity index (χ1) is 9.25. The Kier molecular flexibility index (Phi) is 4.61. The average Bonchev–Trinajstić information content (AvgIpc) is 2.47. The minimum Gasteiger partial charge on any atom is -1.00 e. The summed E-state index contributed by atoms with van der Waals surface area (Å²) >= 11 is 0. The normalized spacial score (nSPS) is 10.0. The zero-order valence-corrected chi connectivity index (χ0v) is 13.3. The van der Waals surface area contributed by atoms with Crippen LogP contribution in [0, 0.1) is 0 Å². The molecule has 0 saturated carbocycles. The van der Waals surface area contributed by atoms with Gasteiger partial charge in [-0.05, 0) is 35.0 Å². The number of rotatable bonds is 2. The van der Waals surface area contributed by atoms with E-state index in [1.165, 1.54) is 0 Å². The second-order valence-corrected chi connectivity index (χ2v) is 4.48. The topological polar surface area (TPSA) is 43.1 Å². The fourth-order valence-corrected chi connectivity index (χ4v) is 2.21. The standard InChI is InChI=1S/C17H13NO.Na.H/c18-14-10-8-13(9-11-14)17(19)16-7-3-5-12-4-1-2-6-15(12)16;;/h1-11H,18H2;;/q;+1;-1. The van der Waals surface area contributed by atoms with Crippen LogP contribution in [0.25, 0.3) is 10.8 Å². The fraction of sp³-hybridized carbons (Fsp3) is 0. The number of hydrogen-bond acceptors (Lipinski definition) is 2. The SMILES string of the molecule is Nc1ccc(C(=O)c2cccc3ccccc23)cc1.[H-].[Na+]. The molecule has 2 N–H and O–H groups in total. The smallest absolute Gasteiger partial charge is 1.00 e. The van der Waals surface area contributed by atoms with Crippen molar-refractivity contribution in [2.24, 2.45) is 0 Å². The van der Waals surface area contributed by atoms with E-state index in [0.717, 1.165) is 16.3 Å². The molecule has 0 aliphatic carbocycles. The van der Waals surface area contributed by atoms with Crippen molar-refractivity contribution >= 4 is 22.2 Å². The Morgan fingerprint density at radius 2 is 1.50 bits per heavy atom.